The summed E-state index contributed by atoms with van der Waals surface area (Å²) in [5, 5.41) is 0. The molecule has 110 valence electrons. The Bertz CT molecular complexity index is 277. The predicted molar refractivity (Wildman–Crippen MR) is 77.2 cm³/mol. The number of nitrogens with two attached hydrogens (primary N) is 1. The first-order valence-electron chi connectivity index (χ1n) is 8.16. The number of ether oxygens (including phenoxy) is 1. The van der Waals surface area contributed by atoms with E-state index in [0.717, 1.165) is 13.2 Å². The first-order valence-corrected chi connectivity index (χ1v) is 8.16. The van der Waals surface area contributed by atoms with Crippen LogP contribution >= 0.6 is 0 Å². The van der Waals surface area contributed by atoms with E-state index in [1.807, 2.05) is 0 Å². The molecule has 0 aromatic rings. The quantitative estimate of drug-likeness (QED) is 0.830. The molecular formula is C15H29N3O. The summed E-state index contributed by atoms with van der Waals surface area (Å²) in [4.78, 5) is 5.29. The minimum Gasteiger partial charge on any atom is -0.375 e. The minimum absolute atomic E-state index is 0.447. The smallest absolute Gasteiger partial charge is 0.0730 e. The maximum Gasteiger partial charge on any atom is 0.0730 e. The Kier molecular flexibility index (Phi) is 4.74. The lowest BCUT2D eigenvalue weighted by molar-refractivity contribution is -0.0897. The van der Waals surface area contributed by atoms with Gasteiger partial charge in [0.05, 0.1) is 12.7 Å². The summed E-state index contributed by atoms with van der Waals surface area (Å²) in [5.74, 6) is 0. The van der Waals surface area contributed by atoms with E-state index in [2.05, 4.69) is 9.80 Å². The number of fused-ring (bicyclic) bond motifs is 1. The van der Waals surface area contributed by atoms with E-state index in [1.54, 1.807) is 0 Å². The van der Waals surface area contributed by atoms with Gasteiger partial charge in [-0.1, -0.05) is 12.8 Å². The highest BCUT2D eigenvalue weighted by Crippen LogP contribution is 2.28. The number of piperidine rings is 1. The Morgan fingerprint density at radius 1 is 0.947 bits per heavy atom. The van der Waals surface area contributed by atoms with Crippen molar-refractivity contribution in [2.75, 3.05) is 39.3 Å². The summed E-state index contributed by atoms with van der Waals surface area (Å²) in [6.45, 7) is 6.90. The highest BCUT2D eigenvalue weighted by molar-refractivity contribution is 4.88. The second-order valence-corrected chi connectivity index (χ2v) is 6.48. The molecule has 2 saturated heterocycles. The van der Waals surface area contributed by atoms with E-state index in [-0.39, 0.29) is 0 Å². The lowest BCUT2D eigenvalue weighted by Gasteiger charge is -2.44. The fourth-order valence-corrected chi connectivity index (χ4v) is 3.90. The number of morpholine rings is 1. The van der Waals surface area contributed by atoms with Crippen LogP contribution in [0.1, 0.15) is 38.5 Å². The molecule has 1 aliphatic carbocycles. The molecule has 2 aliphatic heterocycles. The standard InChI is InChI=1S/C15H29N3O/c16-13-5-7-17(8-6-13)9-10-18-11-12-19-15-4-2-1-3-14(15)18/h13-15H,1-12,16H2. The number of nitrogens with zero attached hydrogens (tertiary/aromatic N) is 2. The van der Waals surface area contributed by atoms with E-state index >= 15 is 0 Å². The Morgan fingerprint density at radius 3 is 2.58 bits per heavy atom. The van der Waals surface area contributed by atoms with Crippen molar-refractivity contribution in [2.45, 2.75) is 56.7 Å². The second kappa shape index (κ2) is 6.53. The summed E-state index contributed by atoms with van der Waals surface area (Å²) in [7, 11) is 0. The van der Waals surface area contributed by atoms with Crippen LogP contribution in [0.3, 0.4) is 0 Å². The molecule has 0 bridgehead atoms. The van der Waals surface area contributed by atoms with E-state index in [0.29, 0.717) is 18.2 Å². The molecule has 1 saturated carbocycles. The molecule has 3 aliphatic rings. The summed E-state index contributed by atoms with van der Waals surface area (Å²) < 4.78 is 5.95. The zero-order valence-electron chi connectivity index (χ0n) is 12.1. The Balaban J connectivity index is 1.46. The molecule has 19 heavy (non-hydrogen) atoms. The van der Waals surface area contributed by atoms with Crippen molar-refractivity contribution in [3.8, 4) is 0 Å². The van der Waals surface area contributed by atoms with Crippen LogP contribution < -0.4 is 5.73 Å². The van der Waals surface area contributed by atoms with Crippen molar-refractivity contribution in [3.05, 3.63) is 0 Å². The molecule has 2 heterocycles. The zero-order chi connectivity index (χ0) is 13.1. The van der Waals surface area contributed by atoms with Gasteiger partial charge in [-0.15, -0.1) is 0 Å². The van der Waals surface area contributed by atoms with Crippen LogP contribution in [-0.2, 0) is 4.74 Å². The molecule has 0 radical (unpaired) electrons. The minimum atomic E-state index is 0.447. The largest absolute Gasteiger partial charge is 0.375 e. The van der Waals surface area contributed by atoms with Gasteiger partial charge in [0.1, 0.15) is 0 Å². The van der Waals surface area contributed by atoms with Crippen LogP contribution in [0.25, 0.3) is 0 Å². The highest BCUT2D eigenvalue weighted by atomic mass is 16.5. The Morgan fingerprint density at radius 2 is 1.74 bits per heavy atom. The fourth-order valence-electron chi connectivity index (χ4n) is 3.90. The van der Waals surface area contributed by atoms with Crippen LogP contribution in [0, 0.1) is 0 Å². The molecule has 3 fully saturated rings. The highest BCUT2D eigenvalue weighted by Gasteiger charge is 2.34. The molecule has 0 amide bonds. The van der Waals surface area contributed by atoms with Crippen molar-refractivity contribution < 1.29 is 4.74 Å². The molecule has 2 N–H and O–H groups in total. The van der Waals surface area contributed by atoms with Gasteiger partial charge in [0.25, 0.3) is 0 Å². The maximum atomic E-state index is 5.97. The van der Waals surface area contributed by atoms with Crippen molar-refractivity contribution in [2.24, 2.45) is 5.73 Å². The molecule has 0 spiro atoms. The second-order valence-electron chi connectivity index (χ2n) is 6.48. The molecule has 0 aromatic carbocycles. The fraction of sp³-hybridized carbons (Fsp3) is 1.00. The third-order valence-electron chi connectivity index (χ3n) is 5.18. The van der Waals surface area contributed by atoms with Gasteiger partial charge in [-0.25, -0.2) is 0 Å². The molecular weight excluding hydrogens is 238 g/mol. The Labute approximate surface area is 117 Å². The van der Waals surface area contributed by atoms with Crippen LogP contribution in [0.5, 0.6) is 0 Å². The van der Waals surface area contributed by atoms with Gasteiger partial charge in [-0.3, -0.25) is 4.90 Å². The summed E-state index contributed by atoms with van der Waals surface area (Å²) in [5.41, 5.74) is 5.97. The third kappa shape index (κ3) is 3.48. The van der Waals surface area contributed by atoms with Crippen LogP contribution in [0.4, 0.5) is 0 Å². The normalized spacial score (nSPS) is 35.2. The number of hydrogen-bond donors (Lipinski definition) is 1. The van der Waals surface area contributed by atoms with Crippen molar-refractivity contribution in [1.29, 1.82) is 0 Å². The monoisotopic (exact) mass is 267 g/mol. The third-order valence-corrected chi connectivity index (χ3v) is 5.18. The lowest BCUT2D eigenvalue weighted by atomic mass is 9.90. The summed E-state index contributed by atoms with van der Waals surface area (Å²) in [6.07, 6.45) is 8.25. The van der Waals surface area contributed by atoms with E-state index < -0.39 is 0 Å². The number of rotatable bonds is 3. The molecule has 3 rings (SSSR count). The van der Waals surface area contributed by atoms with Gasteiger partial charge in [-0.2, -0.15) is 0 Å². The maximum absolute atomic E-state index is 5.97. The molecule has 0 aromatic heterocycles. The average Bonchev–Trinajstić information content (AvgIpc) is 2.47. The zero-order valence-corrected chi connectivity index (χ0v) is 12.1. The van der Waals surface area contributed by atoms with Crippen LogP contribution in [0.15, 0.2) is 0 Å². The van der Waals surface area contributed by atoms with E-state index in [4.69, 9.17) is 10.5 Å². The van der Waals surface area contributed by atoms with Crippen molar-refractivity contribution in [1.82, 2.24) is 9.80 Å². The predicted octanol–water partition coefficient (Wildman–Crippen LogP) is 1.05. The number of hydrogen-bond acceptors (Lipinski definition) is 4. The molecule has 4 heteroatoms. The van der Waals surface area contributed by atoms with Crippen molar-refractivity contribution >= 4 is 0 Å². The van der Waals surface area contributed by atoms with Gasteiger partial charge in [0.15, 0.2) is 0 Å². The van der Waals surface area contributed by atoms with Gasteiger partial charge >= 0.3 is 0 Å². The number of likely N-dealkylation sites (tertiary alicyclic amines) is 1. The summed E-state index contributed by atoms with van der Waals surface area (Å²) >= 11 is 0. The van der Waals surface area contributed by atoms with Crippen LogP contribution in [-0.4, -0.2) is 67.3 Å². The SMILES string of the molecule is NC1CCN(CCN2CCOC3CCCCC32)CC1. The summed E-state index contributed by atoms with van der Waals surface area (Å²) in [6, 6.07) is 1.15. The molecule has 4 nitrogen and oxygen atoms in total. The topological polar surface area (TPSA) is 41.7 Å². The first kappa shape index (κ1) is 13.8. The van der Waals surface area contributed by atoms with Crippen LogP contribution in [0.2, 0.25) is 0 Å². The molecule has 2 unspecified atom stereocenters. The van der Waals surface area contributed by atoms with Gasteiger partial charge < -0.3 is 15.4 Å². The van der Waals surface area contributed by atoms with Gasteiger partial charge in [0, 0.05) is 31.7 Å². The van der Waals surface area contributed by atoms with Gasteiger partial charge in [-0.05, 0) is 38.8 Å². The van der Waals surface area contributed by atoms with E-state index in [9.17, 15) is 0 Å². The lowest BCUT2D eigenvalue weighted by Crippen LogP contribution is -2.54. The average molecular weight is 267 g/mol. The Hall–Kier alpha value is -0.160. The van der Waals surface area contributed by atoms with E-state index in [1.165, 1.54) is 64.7 Å². The molecule has 2 atom stereocenters. The van der Waals surface area contributed by atoms with Crippen molar-refractivity contribution in [3.63, 3.8) is 0 Å². The first-order chi connectivity index (χ1) is 9.33. The van der Waals surface area contributed by atoms with Gasteiger partial charge in [0.2, 0.25) is 0 Å².